The van der Waals surface area contributed by atoms with E-state index in [1.807, 2.05) is 4.90 Å². The van der Waals surface area contributed by atoms with Crippen LogP contribution in [0.3, 0.4) is 0 Å². The van der Waals surface area contributed by atoms with Crippen LogP contribution in [0.5, 0.6) is 0 Å². The second-order valence-electron chi connectivity index (χ2n) is 5.52. The van der Waals surface area contributed by atoms with Crippen molar-refractivity contribution >= 4 is 11.9 Å². The van der Waals surface area contributed by atoms with Crippen LogP contribution in [0.1, 0.15) is 38.5 Å². The van der Waals surface area contributed by atoms with E-state index in [2.05, 4.69) is 0 Å². The number of hydrogen-bond acceptors (Lipinski definition) is 5. The van der Waals surface area contributed by atoms with E-state index in [0.29, 0.717) is 13.1 Å². The first-order valence-corrected chi connectivity index (χ1v) is 7.38. The predicted molar refractivity (Wildman–Crippen MR) is 72.9 cm³/mol. The molecule has 6 nitrogen and oxygen atoms in total. The summed E-state index contributed by atoms with van der Waals surface area (Å²) in [6.07, 6.45) is 4.32. The molecule has 0 aromatic rings. The van der Waals surface area contributed by atoms with Gasteiger partial charge in [-0.3, -0.25) is 9.59 Å². The summed E-state index contributed by atoms with van der Waals surface area (Å²) in [5.41, 5.74) is 5.57. The lowest BCUT2D eigenvalue weighted by Gasteiger charge is -2.36. The van der Waals surface area contributed by atoms with E-state index in [1.165, 1.54) is 7.11 Å². The third-order valence-corrected chi connectivity index (χ3v) is 4.19. The molecule has 114 valence electrons. The number of esters is 1. The van der Waals surface area contributed by atoms with Crippen LogP contribution >= 0.6 is 0 Å². The Labute approximate surface area is 119 Å². The Hall–Kier alpha value is -1.14. The molecule has 2 saturated heterocycles. The molecule has 2 aliphatic heterocycles. The van der Waals surface area contributed by atoms with Gasteiger partial charge in [-0.1, -0.05) is 0 Å². The van der Waals surface area contributed by atoms with Crippen molar-refractivity contribution in [3.63, 3.8) is 0 Å². The van der Waals surface area contributed by atoms with Gasteiger partial charge in [0.1, 0.15) is 6.10 Å². The van der Waals surface area contributed by atoms with Crippen LogP contribution in [0, 0.1) is 0 Å². The van der Waals surface area contributed by atoms with Crippen LogP contribution in [-0.4, -0.2) is 55.2 Å². The summed E-state index contributed by atoms with van der Waals surface area (Å²) < 4.78 is 10.4. The number of methoxy groups -OCH3 is 1. The zero-order chi connectivity index (χ0) is 14.5. The van der Waals surface area contributed by atoms with Gasteiger partial charge in [-0.25, -0.2) is 0 Å². The van der Waals surface area contributed by atoms with Crippen molar-refractivity contribution in [3.05, 3.63) is 0 Å². The Morgan fingerprint density at radius 1 is 1.30 bits per heavy atom. The second kappa shape index (κ2) is 7.04. The standard InChI is InChI=1S/C14H24N2O4/c1-19-13(17)8-10-4-2-3-7-16(10)14(18)12-6-5-11(9-15)20-12/h10-12H,2-9,15H2,1H3. The molecular formula is C14H24N2O4. The Balaban J connectivity index is 1.96. The van der Waals surface area contributed by atoms with Crippen LogP contribution in [0.25, 0.3) is 0 Å². The smallest absolute Gasteiger partial charge is 0.307 e. The topological polar surface area (TPSA) is 81.9 Å². The maximum absolute atomic E-state index is 12.6. The molecule has 20 heavy (non-hydrogen) atoms. The number of ether oxygens (including phenoxy) is 2. The van der Waals surface area contributed by atoms with Gasteiger partial charge in [-0.05, 0) is 32.1 Å². The normalized spacial score (nSPS) is 30.3. The molecule has 2 N–H and O–H groups in total. The molecule has 3 atom stereocenters. The lowest BCUT2D eigenvalue weighted by molar-refractivity contribution is -0.150. The summed E-state index contributed by atoms with van der Waals surface area (Å²) in [5, 5.41) is 0. The quantitative estimate of drug-likeness (QED) is 0.757. The van der Waals surface area contributed by atoms with E-state index in [0.717, 1.165) is 32.1 Å². The monoisotopic (exact) mass is 284 g/mol. The molecule has 0 aromatic heterocycles. The summed E-state index contributed by atoms with van der Waals surface area (Å²) in [4.78, 5) is 25.8. The van der Waals surface area contributed by atoms with Crippen molar-refractivity contribution in [2.75, 3.05) is 20.2 Å². The van der Waals surface area contributed by atoms with Crippen LogP contribution in [0.4, 0.5) is 0 Å². The van der Waals surface area contributed by atoms with Gasteiger partial charge in [0.2, 0.25) is 0 Å². The van der Waals surface area contributed by atoms with Gasteiger partial charge in [-0.15, -0.1) is 0 Å². The fourth-order valence-electron chi connectivity index (χ4n) is 3.02. The largest absolute Gasteiger partial charge is 0.469 e. The van der Waals surface area contributed by atoms with Gasteiger partial charge in [0, 0.05) is 19.1 Å². The van der Waals surface area contributed by atoms with Crippen LogP contribution in [0.15, 0.2) is 0 Å². The lowest BCUT2D eigenvalue weighted by Crippen LogP contribution is -2.49. The van der Waals surface area contributed by atoms with E-state index in [9.17, 15) is 9.59 Å². The molecule has 2 rings (SSSR count). The molecule has 0 saturated carbocycles. The molecule has 2 fully saturated rings. The fourth-order valence-corrected chi connectivity index (χ4v) is 3.02. The average molecular weight is 284 g/mol. The Kier molecular flexibility index (Phi) is 5.37. The van der Waals surface area contributed by atoms with Crippen LogP contribution in [-0.2, 0) is 19.1 Å². The molecule has 2 heterocycles. The highest BCUT2D eigenvalue weighted by atomic mass is 16.5. The maximum atomic E-state index is 12.6. The van der Waals surface area contributed by atoms with Crippen LogP contribution < -0.4 is 5.73 Å². The van der Waals surface area contributed by atoms with E-state index in [-0.39, 0.29) is 36.5 Å². The molecule has 0 bridgehead atoms. The van der Waals surface area contributed by atoms with E-state index < -0.39 is 0 Å². The summed E-state index contributed by atoms with van der Waals surface area (Å²) in [6.45, 7) is 1.16. The Morgan fingerprint density at radius 2 is 2.10 bits per heavy atom. The van der Waals surface area contributed by atoms with Crippen molar-refractivity contribution in [1.29, 1.82) is 0 Å². The van der Waals surface area contributed by atoms with Crippen LogP contribution in [0.2, 0.25) is 0 Å². The van der Waals surface area contributed by atoms with Gasteiger partial charge in [0.25, 0.3) is 5.91 Å². The number of hydrogen-bond donors (Lipinski definition) is 1. The van der Waals surface area contributed by atoms with Crippen molar-refractivity contribution in [2.45, 2.75) is 56.8 Å². The minimum atomic E-state index is -0.387. The number of nitrogens with two attached hydrogens (primary N) is 1. The first kappa shape index (κ1) is 15.3. The highest BCUT2D eigenvalue weighted by molar-refractivity contribution is 5.82. The first-order valence-electron chi connectivity index (χ1n) is 7.38. The fraction of sp³-hybridized carbons (Fsp3) is 0.857. The molecule has 2 aliphatic rings. The zero-order valence-corrected chi connectivity index (χ0v) is 12.0. The first-order chi connectivity index (χ1) is 9.65. The summed E-state index contributed by atoms with van der Waals surface area (Å²) in [7, 11) is 1.38. The molecule has 0 spiro atoms. The Morgan fingerprint density at radius 3 is 2.75 bits per heavy atom. The molecule has 6 heteroatoms. The minimum Gasteiger partial charge on any atom is -0.469 e. The SMILES string of the molecule is COC(=O)CC1CCCCN1C(=O)C1CCC(CN)O1. The third kappa shape index (κ3) is 3.49. The number of nitrogens with zero attached hydrogens (tertiary/aromatic N) is 1. The minimum absolute atomic E-state index is 0.00667. The number of carbonyl (C=O) groups excluding carboxylic acids is 2. The molecule has 3 unspecified atom stereocenters. The van der Waals surface area contributed by atoms with Crippen molar-refractivity contribution < 1.29 is 19.1 Å². The molecular weight excluding hydrogens is 260 g/mol. The summed E-state index contributed by atoms with van der Waals surface area (Å²) >= 11 is 0. The average Bonchev–Trinajstić information content (AvgIpc) is 2.96. The molecule has 1 amide bonds. The van der Waals surface area contributed by atoms with E-state index in [4.69, 9.17) is 15.2 Å². The second-order valence-corrected chi connectivity index (χ2v) is 5.52. The van der Waals surface area contributed by atoms with E-state index >= 15 is 0 Å². The highest BCUT2D eigenvalue weighted by Crippen LogP contribution is 2.26. The summed E-state index contributed by atoms with van der Waals surface area (Å²) in [6, 6.07) is -0.0516. The zero-order valence-electron chi connectivity index (χ0n) is 12.0. The van der Waals surface area contributed by atoms with Gasteiger partial charge >= 0.3 is 5.97 Å². The number of rotatable bonds is 4. The van der Waals surface area contributed by atoms with Gasteiger partial charge in [0.05, 0.1) is 19.6 Å². The van der Waals surface area contributed by atoms with Gasteiger partial charge < -0.3 is 20.1 Å². The maximum Gasteiger partial charge on any atom is 0.307 e. The lowest BCUT2D eigenvalue weighted by atomic mass is 9.98. The highest BCUT2D eigenvalue weighted by Gasteiger charge is 2.37. The van der Waals surface area contributed by atoms with Crippen molar-refractivity contribution in [2.24, 2.45) is 5.73 Å². The van der Waals surface area contributed by atoms with Gasteiger partial charge in [-0.2, -0.15) is 0 Å². The number of piperidine rings is 1. The third-order valence-electron chi connectivity index (χ3n) is 4.19. The predicted octanol–water partition coefficient (Wildman–Crippen LogP) is 0.437. The molecule has 0 radical (unpaired) electrons. The number of likely N-dealkylation sites (tertiary alicyclic amines) is 1. The molecule has 0 aliphatic carbocycles. The van der Waals surface area contributed by atoms with Crippen molar-refractivity contribution in [1.82, 2.24) is 4.90 Å². The number of amides is 1. The van der Waals surface area contributed by atoms with Crippen molar-refractivity contribution in [3.8, 4) is 0 Å². The number of carbonyl (C=O) groups is 2. The Bertz CT molecular complexity index is 361. The summed E-state index contributed by atoms with van der Waals surface area (Å²) in [5.74, 6) is -0.253. The van der Waals surface area contributed by atoms with Gasteiger partial charge in [0.15, 0.2) is 0 Å². The molecule has 0 aromatic carbocycles. The van der Waals surface area contributed by atoms with E-state index in [1.54, 1.807) is 0 Å².